The summed E-state index contributed by atoms with van der Waals surface area (Å²) in [5.41, 5.74) is 0. The number of phosphoric acid groups is 2. The molecule has 0 aliphatic heterocycles. The molecule has 105 heavy (non-hydrogen) atoms. The first kappa shape index (κ1) is 103. The van der Waals surface area contributed by atoms with Crippen LogP contribution in [0.2, 0.25) is 0 Å². The van der Waals surface area contributed by atoms with Crippen molar-refractivity contribution in [3.8, 4) is 0 Å². The predicted octanol–water partition coefficient (Wildman–Crippen LogP) is 26.2. The smallest absolute Gasteiger partial charge is 0.462 e. The first-order chi connectivity index (χ1) is 50.9. The van der Waals surface area contributed by atoms with Crippen LogP contribution in [-0.2, 0) is 65.4 Å². The Morgan fingerprint density at radius 2 is 0.457 bits per heavy atom. The van der Waals surface area contributed by atoms with Crippen LogP contribution >= 0.6 is 15.6 Å². The van der Waals surface area contributed by atoms with Crippen molar-refractivity contribution in [2.75, 3.05) is 39.6 Å². The number of carbonyl (C=O) groups excluding carboxylic acids is 4. The third-order valence-electron chi connectivity index (χ3n) is 20.9. The van der Waals surface area contributed by atoms with Gasteiger partial charge in [-0.05, 0) is 37.5 Å². The molecule has 0 radical (unpaired) electrons. The molecule has 0 saturated heterocycles. The number of esters is 4. The van der Waals surface area contributed by atoms with E-state index < -0.39 is 97.5 Å². The minimum absolute atomic E-state index is 0.108. The molecule has 0 aromatic heterocycles. The molecule has 0 saturated carbocycles. The number of phosphoric ester groups is 2. The lowest BCUT2D eigenvalue weighted by molar-refractivity contribution is -0.161. The summed E-state index contributed by atoms with van der Waals surface area (Å²) in [5.74, 6) is -0.379. The third kappa shape index (κ3) is 77.2. The quantitative estimate of drug-likeness (QED) is 0.0222. The van der Waals surface area contributed by atoms with Gasteiger partial charge in [0.1, 0.15) is 19.3 Å². The molecule has 0 rings (SSSR count). The largest absolute Gasteiger partial charge is 0.472 e. The summed E-state index contributed by atoms with van der Waals surface area (Å²) in [4.78, 5) is 73.2. The monoisotopic (exact) mass is 1540 g/mol. The van der Waals surface area contributed by atoms with Gasteiger partial charge in [-0.25, -0.2) is 9.13 Å². The standard InChI is InChI=1S/C86H168O17P2/c1-7-11-13-15-17-19-21-22-33-40-46-52-58-64-70-85(90)102-81(74-96-83(88)68-62-56-50-44-36-20-18-16-14-12-8-2)76-100-104(92,93)98-72-80(87)73-99-105(94,95)101-77-82(75-97-84(89)69-63-57-51-45-39-34-30-29-32-38-43-49-55-61-67-79(6)10-4)103-86(91)71-65-59-53-47-41-35-28-26-24-23-25-27-31-37-42-48-54-60-66-78(5)9-3/h78-82,87H,7-77H2,1-6H3,(H,92,93)(H,94,95)/t78?,79?,80-,81+,82+/m0/s1. The van der Waals surface area contributed by atoms with Crippen LogP contribution in [0.3, 0.4) is 0 Å². The molecule has 19 heteroatoms. The SMILES string of the molecule is CCCCCCCCCCCCCCCCC(=O)O[C@H](COC(=O)CCCCCCCCCCCCC)COP(=O)(O)OC[C@H](O)COP(=O)(O)OC[C@@H](COC(=O)CCCCCCCCCCCCCCCCC(C)CC)OC(=O)CCCCCCCCCCCCCCCCCCCCC(C)CC. The zero-order chi connectivity index (χ0) is 77.1. The summed E-state index contributed by atoms with van der Waals surface area (Å²) in [6.07, 6.45) is 69.2. The fourth-order valence-corrected chi connectivity index (χ4v) is 14.9. The van der Waals surface area contributed by atoms with Crippen LogP contribution in [0.4, 0.5) is 0 Å². The molecular formula is C86H168O17P2. The van der Waals surface area contributed by atoms with Crippen LogP contribution in [0.1, 0.15) is 459 Å². The van der Waals surface area contributed by atoms with Crippen molar-refractivity contribution >= 4 is 39.5 Å². The van der Waals surface area contributed by atoms with E-state index in [9.17, 15) is 43.2 Å². The average molecular weight is 1540 g/mol. The molecule has 0 amide bonds. The Morgan fingerprint density at radius 3 is 0.676 bits per heavy atom. The lowest BCUT2D eigenvalue weighted by atomic mass is 9.99. The Bertz CT molecular complexity index is 2010. The van der Waals surface area contributed by atoms with Crippen molar-refractivity contribution in [3.63, 3.8) is 0 Å². The van der Waals surface area contributed by atoms with Gasteiger partial charge in [0.15, 0.2) is 12.2 Å². The zero-order valence-corrected chi connectivity index (χ0v) is 70.8. The van der Waals surface area contributed by atoms with Gasteiger partial charge in [-0.15, -0.1) is 0 Å². The molecule has 0 heterocycles. The van der Waals surface area contributed by atoms with Gasteiger partial charge in [0.2, 0.25) is 0 Å². The molecule has 7 atom stereocenters. The highest BCUT2D eigenvalue weighted by atomic mass is 31.2. The minimum Gasteiger partial charge on any atom is -0.462 e. The number of hydrogen-bond donors (Lipinski definition) is 3. The van der Waals surface area contributed by atoms with E-state index in [2.05, 4.69) is 41.5 Å². The lowest BCUT2D eigenvalue weighted by Crippen LogP contribution is -2.30. The molecular weight excluding hydrogens is 1370 g/mol. The van der Waals surface area contributed by atoms with E-state index in [0.29, 0.717) is 25.7 Å². The van der Waals surface area contributed by atoms with Gasteiger partial charge in [0, 0.05) is 25.7 Å². The second-order valence-corrected chi connectivity index (χ2v) is 34.3. The Labute approximate surface area is 645 Å². The summed E-state index contributed by atoms with van der Waals surface area (Å²) >= 11 is 0. The fraction of sp³-hybridized carbons (Fsp3) is 0.953. The van der Waals surface area contributed by atoms with Crippen molar-refractivity contribution in [2.24, 2.45) is 11.8 Å². The van der Waals surface area contributed by atoms with Gasteiger partial charge in [-0.1, -0.05) is 408 Å². The lowest BCUT2D eigenvalue weighted by Gasteiger charge is -2.21. The summed E-state index contributed by atoms with van der Waals surface area (Å²) < 4.78 is 68.9. The summed E-state index contributed by atoms with van der Waals surface area (Å²) in [5, 5.41) is 10.7. The van der Waals surface area contributed by atoms with Gasteiger partial charge in [0.05, 0.1) is 26.4 Å². The van der Waals surface area contributed by atoms with Crippen LogP contribution in [0, 0.1) is 11.8 Å². The van der Waals surface area contributed by atoms with E-state index in [1.54, 1.807) is 0 Å². The van der Waals surface area contributed by atoms with Crippen LogP contribution in [-0.4, -0.2) is 96.7 Å². The van der Waals surface area contributed by atoms with Crippen molar-refractivity contribution in [3.05, 3.63) is 0 Å². The molecule has 0 spiro atoms. The minimum atomic E-state index is -4.97. The maximum atomic E-state index is 13.1. The Kier molecular flexibility index (Phi) is 76.0. The number of rotatable bonds is 85. The normalized spacial score (nSPS) is 14.3. The second kappa shape index (κ2) is 77.4. The van der Waals surface area contributed by atoms with E-state index in [1.165, 1.54) is 276 Å². The van der Waals surface area contributed by atoms with E-state index in [1.807, 2.05) is 0 Å². The first-order valence-electron chi connectivity index (χ1n) is 44.6. The molecule has 0 bridgehead atoms. The average Bonchev–Trinajstić information content (AvgIpc) is 0.921. The molecule has 4 unspecified atom stereocenters. The maximum absolute atomic E-state index is 13.1. The van der Waals surface area contributed by atoms with Crippen LogP contribution < -0.4 is 0 Å². The summed E-state index contributed by atoms with van der Waals surface area (Å²) in [7, 11) is -9.93. The van der Waals surface area contributed by atoms with Gasteiger partial charge in [-0.3, -0.25) is 37.3 Å². The molecule has 0 aliphatic rings. The summed E-state index contributed by atoms with van der Waals surface area (Å²) in [6.45, 7) is 9.79. The molecule has 0 aliphatic carbocycles. The number of aliphatic hydroxyl groups excluding tert-OH is 1. The zero-order valence-electron chi connectivity index (χ0n) is 69.0. The first-order valence-corrected chi connectivity index (χ1v) is 47.6. The van der Waals surface area contributed by atoms with Crippen molar-refractivity contribution in [1.82, 2.24) is 0 Å². The van der Waals surface area contributed by atoms with Gasteiger partial charge >= 0.3 is 39.5 Å². The fourth-order valence-electron chi connectivity index (χ4n) is 13.4. The highest BCUT2D eigenvalue weighted by molar-refractivity contribution is 7.47. The van der Waals surface area contributed by atoms with Crippen molar-refractivity contribution in [2.45, 2.75) is 477 Å². The molecule has 0 fully saturated rings. The van der Waals surface area contributed by atoms with E-state index in [4.69, 9.17) is 37.0 Å². The number of hydrogen-bond acceptors (Lipinski definition) is 15. The topological polar surface area (TPSA) is 237 Å². The second-order valence-electron chi connectivity index (χ2n) is 31.4. The Morgan fingerprint density at radius 1 is 0.267 bits per heavy atom. The molecule has 0 aromatic carbocycles. The Hall–Kier alpha value is -1.94. The molecule has 3 N–H and O–H groups in total. The predicted molar refractivity (Wildman–Crippen MR) is 432 cm³/mol. The summed E-state index contributed by atoms with van der Waals surface area (Å²) in [6, 6.07) is 0. The number of carbonyl (C=O) groups is 4. The van der Waals surface area contributed by atoms with Gasteiger partial charge < -0.3 is 33.8 Å². The van der Waals surface area contributed by atoms with Crippen LogP contribution in [0.15, 0.2) is 0 Å². The molecule has 17 nitrogen and oxygen atoms in total. The highest BCUT2D eigenvalue weighted by Crippen LogP contribution is 2.45. The van der Waals surface area contributed by atoms with Crippen molar-refractivity contribution < 1.29 is 80.2 Å². The number of aliphatic hydroxyl groups is 1. The molecule has 0 aromatic rings. The number of ether oxygens (including phenoxy) is 4. The number of unbranched alkanes of at least 4 members (excludes halogenated alkanes) is 53. The Balaban J connectivity index is 5.23. The maximum Gasteiger partial charge on any atom is 0.472 e. The highest BCUT2D eigenvalue weighted by Gasteiger charge is 2.30. The molecule has 624 valence electrons. The van der Waals surface area contributed by atoms with Crippen molar-refractivity contribution in [1.29, 1.82) is 0 Å². The third-order valence-corrected chi connectivity index (χ3v) is 22.8. The van der Waals surface area contributed by atoms with Crippen LogP contribution in [0.5, 0.6) is 0 Å². The van der Waals surface area contributed by atoms with Gasteiger partial charge in [0.25, 0.3) is 0 Å². The van der Waals surface area contributed by atoms with E-state index in [0.717, 1.165) is 102 Å². The van der Waals surface area contributed by atoms with E-state index >= 15 is 0 Å². The van der Waals surface area contributed by atoms with E-state index in [-0.39, 0.29) is 25.7 Å². The van der Waals surface area contributed by atoms with Crippen LogP contribution in [0.25, 0.3) is 0 Å². The van der Waals surface area contributed by atoms with Gasteiger partial charge in [-0.2, -0.15) is 0 Å².